The summed E-state index contributed by atoms with van der Waals surface area (Å²) in [6, 6.07) is 6.57. The van der Waals surface area contributed by atoms with E-state index >= 15 is 0 Å². The molecule has 5 nitrogen and oxygen atoms in total. The quantitative estimate of drug-likeness (QED) is 0.668. The molecule has 1 saturated carbocycles. The number of nitro benzene ring substituents is 1. The van der Waals surface area contributed by atoms with Gasteiger partial charge in [0.05, 0.1) is 4.92 Å². The van der Waals surface area contributed by atoms with Crippen LogP contribution in [0.4, 0.5) is 11.4 Å². The van der Waals surface area contributed by atoms with Gasteiger partial charge in [-0.05, 0) is 38.3 Å². The molecule has 0 radical (unpaired) electrons. The molecule has 0 spiro atoms. The van der Waals surface area contributed by atoms with Crippen LogP contribution in [-0.4, -0.2) is 35.0 Å². The molecule has 5 heteroatoms. The Hall–Kier alpha value is -1.62. The third kappa shape index (κ3) is 2.71. The van der Waals surface area contributed by atoms with Crippen molar-refractivity contribution in [3.05, 3.63) is 33.9 Å². The first-order valence-corrected chi connectivity index (χ1v) is 6.89. The number of nitrogens with zero attached hydrogens (tertiary/aromatic N) is 2. The first-order chi connectivity index (χ1) is 9.13. The second-order valence-corrected chi connectivity index (χ2v) is 5.61. The van der Waals surface area contributed by atoms with E-state index in [1.54, 1.807) is 13.0 Å². The smallest absolute Gasteiger partial charge is 0.272 e. The molecule has 1 atom stereocenters. The van der Waals surface area contributed by atoms with Crippen molar-refractivity contribution in [3.63, 3.8) is 0 Å². The molecule has 0 aromatic heterocycles. The number of nitrogens with one attached hydrogen (secondary N) is 1. The SMILES string of the molecule is Cc1cc(NC2CCN(C3CC3)C2)ccc1[N+](=O)[O-]. The van der Waals surface area contributed by atoms with E-state index in [2.05, 4.69) is 10.2 Å². The van der Waals surface area contributed by atoms with E-state index in [1.807, 2.05) is 12.1 Å². The van der Waals surface area contributed by atoms with Gasteiger partial charge in [0.1, 0.15) is 0 Å². The number of hydrogen-bond donors (Lipinski definition) is 1. The van der Waals surface area contributed by atoms with E-state index in [9.17, 15) is 10.1 Å². The van der Waals surface area contributed by atoms with Crippen LogP contribution in [0.15, 0.2) is 18.2 Å². The highest BCUT2D eigenvalue weighted by Gasteiger charge is 2.34. The van der Waals surface area contributed by atoms with Crippen molar-refractivity contribution in [2.45, 2.75) is 38.3 Å². The van der Waals surface area contributed by atoms with Crippen molar-refractivity contribution in [1.82, 2.24) is 4.90 Å². The van der Waals surface area contributed by atoms with Gasteiger partial charge in [0, 0.05) is 42.5 Å². The number of nitro groups is 1. The van der Waals surface area contributed by atoms with Crippen LogP contribution in [0.2, 0.25) is 0 Å². The minimum atomic E-state index is -0.330. The van der Waals surface area contributed by atoms with Crippen LogP contribution in [0.25, 0.3) is 0 Å². The molecule has 2 fully saturated rings. The van der Waals surface area contributed by atoms with Crippen LogP contribution in [0, 0.1) is 17.0 Å². The molecule has 1 N–H and O–H groups in total. The lowest BCUT2D eigenvalue weighted by atomic mass is 10.1. The normalized spacial score (nSPS) is 23.5. The Labute approximate surface area is 112 Å². The van der Waals surface area contributed by atoms with Crippen molar-refractivity contribution in [2.24, 2.45) is 0 Å². The van der Waals surface area contributed by atoms with Gasteiger partial charge in [-0.25, -0.2) is 0 Å². The maximum atomic E-state index is 10.8. The topological polar surface area (TPSA) is 58.4 Å². The Bertz CT molecular complexity index is 499. The summed E-state index contributed by atoms with van der Waals surface area (Å²) >= 11 is 0. The maximum absolute atomic E-state index is 10.8. The van der Waals surface area contributed by atoms with Gasteiger partial charge in [-0.1, -0.05) is 0 Å². The second-order valence-electron chi connectivity index (χ2n) is 5.61. The van der Waals surface area contributed by atoms with E-state index < -0.39 is 0 Å². The number of hydrogen-bond acceptors (Lipinski definition) is 4. The fourth-order valence-electron chi connectivity index (χ4n) is 2.86. The molecular weight excluding hydrogens is 242 g/mol. The van der Waals surface area contributed by atoms with Gasteiger partial charge in [-0.3, -0.25) is 15.0 Å². The minimum absolute atomic E-state index is 0.191. The first kappa shape index (κ1) is 12.4. The Morgan fingerprint density at radius 2 is 2.16 bits per heavy atom. The van der Waals surface area contributed by atoms with Gasteiger partial charge in [0.25, 0.3) is 5.69 Å². The zero-order valence-corrected chi connectivity index (χ0v) is 11.1. The highest BCUT2D eigenvalue weighted by Crippen LogP contribution is 2.31. The summed E-state index contributed by atoms with van der Waals surface area (Å²) in [4.78, 5) is 13.0. The van der Waals surface area contributed by atoms with Gasteiger partial charge < -0.3 is 5.32 Å². The fourth-order valence-corrected chi connectivity index (χ4v) is 2.86. The summed E-state index contributed by atoms with van der Waals surface area (Å²) in [5.74, 6) is 0. The molecule has 1 unspecified atom stereocenters. The molecule has 1 aliphatic heterocycles. The molecule has 1 heterocycles. The zero-order chi connectivity index (χ0) is 13.4. The van der Waals surface area contributed by atoms with E-state index in [0.29, 0.717) is 11.6 Å². The molecule has 0 bridgehead atoms. The first-order valence-electron chi connectivity index (χ1n) is 6.89. The van der Waals surface area contributed by atoms with Crippen molar-refractivity contribution in [1.29, 1.82) is 0 Å². The largest absolute Gasteiger partial charge is 0.381 e. The lowest BCUT2D eigenvalue weighted by Gasteiger charge is -2.17. The molecule has 19 heavy (non-hydrogen) atoms. The van der Waals surface area contributed by atoms with Gasteiger partial charge in [-0.15, -0.1) is 0 Å². The Morgan fingerprint density at radius 3 is 2.79 bits per heavy atom. The van der Waals surface area contributed by atoms with Crippen LogP contribution in [0.5, 0.6) is 0 Å². The molecule has 1 aromatic carbocycles. The van der Waals surface area contributed by atoms with Crippen molar-refractivity contribution >= 4 is 11.4 Å². The Balaban J connectivity index is 1.63. The van der Waals surface area contributed by atoms with E-state index in [0.717, 1.165) is 24.7 Å². The summed E-state index contributed by atoms with van der Waals surface area (Å²) < 4.78 is 0. The maximum Gasteiger partial charge on any atom is 0.272 e. The summed E-state index contributed by atoms with van der Waals surface area (Å²) in [6.45, 7) is 4.06. The average molecular weight is 261 g/mol. The van der Waals surface area contributed by atoms with E-state index in [1.165, 1.54) is 19.4 Å². The molecular formula is C14H19N3O2. The third-order valence-electron chi connectivity index (χ3n) is 4.05. The molecule has 102 valence electrons. The fraction of sp³-hybridized carbons (Fsp3) is 0.571. The van der Waals surface area contributed by atoms with Crippen molar-refractivity contribution in [2.75, 3.05) is 18.4 Å². The van der Waals surface area contributed by atoms with Crippen LogP contribution in [0.3, 0.4) is 0 Å². The number of anilines is 1. The number of rotatable bonds is 4. The lowest BCUT2D eigenvalue weighted by molar-refractivity contribution is -0.385. The molecule has 1 aromatic rings. The monoisotopic (exact) mass is 261 g/mol. The predicted molar refractivity (Wildman–Crippen MR) is 74.5 cm³/mol. The molecule has 0 amide bonds. The van der Waals surface area contributed by atoms with Gasteiger partial charge in [0.2, 0.25) is 0 Å². The Morgan fingerprint density at radius 1 is 1.37 bits per heavy atom. The molecule has 1 aliphatic carbocycles. The highest BCUT2D eigenvalue weighted by atomic mass is 16.6. The predicted octanol–water partition coefficient (Wildman–Crippen LogP) is 2.55. The zero-order valence-electron chi connectivity index (χ0n) is 11.1. The van der Waals surface area contributed by atoms with Crippen LogP contribution in [0.1, 0.15) is 24.8 Å². The van der Waals surface area contributed by atoms with Crippen LogP contribution >= 0.6 is 0 Å². The van der Waals surface area contributed by atoms with Crippen LogP contribution in [-0.2, 0) is 0 Å². The highest BCUT2D eigenvalue weighted by molar-refractivity contribution is 5.54. The van der Waals surface area contributed by atoms with Crippen LogP contribution < -0.4 is 5.32 Å². The van der Waals surface area contributed by atoms with E-state index in [-0.39, 0.29) is 10.6 Å². The standard InChI is InChI=1S/C14H19N3O2/c1-10-8-11(2-5-14(10)17(18)19)15-12-6-7-16(9-12)13-3-4-13/h2,5,8,12-13,15H,3-4,6-7,9H2,1H3. The third-order valence-corrected chi connectivity index (χ3v) is 4.05. The number of aryl methyl sites for hydroxylation is 1. The van der Waals surface area contributed by atoms with Gasteiger partial charge in [0.15, 0.2) is 0 Å². The average Bonchev–Trinajstić information content (AvgIpc) is 3.10. The minimum Gasteiger partial charge on any atom is -0.381 e. The van der Waals surface area contributed by atoms with Gasteiger partial charge in [-0.2, -0.15) is 0 Å². The van der Waals surface area contributed by atoms with Crippen molar-refractivity contribution < 1.29 is 4.92 Å². The molecule has 2 aliphatic rings. The lowest BCUT2D eigenvalue weighted by Crippen LogP contribution is -2.27. The number of likely N-dealkylation sites (tertiary alicyclic amines) is 1. The van der Waals surface area contributed by atoms with E-state index in [4.69, 9.17) is 0 Å². The molecule has 1 saturated heterocycles. The summed E-state index contributed by atoms with van der Waals surface area (Å²) in [6.07, 6.45) is 3.86. The van der Waals surface area contributed by atoms with Gasteiger partial charge >= 0.3 is 0 Å². The number of benzene rings is 1. The Kier molecular flexibility index (Phi) is 3.14. The summed E-state index contributed by atoms with van der Waals surface area (Å²) in [5.41, 5.74) is 1.90. The second kappa shape index (κ2) is 4.81. The summed E-state index contributed by atoms with van der Waals surface area (Å²) in [7, 11) is 0. The molecule has 3 rings (SSSR count). The van der Waals surface area contributed by atoms with Crippen molar-refractivity contribution in [3.8, 4) is 0 Å². The summed E-state index contributed by atoms with van der Waals surface area (Å²) in [5, 5.41) is 14.3.